The number of likely N-dealkylation sites (tertiary alicyclic amines) is 1. The van der Waals surface area contributed by atoms with Gasteiger partial charge < -0.3 is 15.0 Å². The summed E-state index contributed by atoms with van der Waals surface area (Å²) in [5.41, 5.74) is 0.975. The van der Waals surface area contributed by atoms with Crippen LogP contribution in [0.2, 0.25) is 0 Å². The lowest BCUT2D eigenvalue weighted by Gasteiger charge is -2.32. The van der Waals surface area contributed by atoms with Crippen molar-refractivity contribution in [1.29, 1.82) is 0 Å². The van der Waals surface area contributed by atoms with E-state index in [2.05, 4.69) is 5.32 Å². The molecule has 1 atom stereocenters. The highest BCUT2D eigenvalue weighted by Gasteiger charge is 2.23. The lowest BCUT2D eigenvalue weighted by Crippen LogP contribution is -2.47. The second-order valence-electron chi connectivity index (χ2n) is 5.92. The first-order chi connectivity index (χ1) is 10.1. The largest absolute Gasteiger partial charge is 0.491 e. The van der Waals surface area contributed by atoms with Crippen molar-refractivity contribution < 1.29 is 9.53 Å². The molecule has 1 aliphatic rings. The molecule has 4 nitrogen and oxygen atoms in total. The van der Waals surface area contributed by atoms with Crippen LogP contribution in [0.25, 0.3) is 0 Å². The van der Waals surface area contributed by atoms with Gasteiger partial charge in [-0.2, -0.15) is 0 Å². The molecule has 1 aromatic carbocycles. The third kappa shape index (κ3) is 5.18. The molecular weight excluding hydrogens is 300 g/mol. The maximum atomic E-state index is 12.5. The molecule has 0 bridgehead atoms. The Morgan fingerprint density at radius 1 is 1.41 bits per heavy atom. The summed E-state index contributed by atoms with van der Waals surface area (Å²) in [5, 5.41) is 3.27. The molecule has 0 saturated carbocycles. The Morgan fingerprint density at radius 2 is 2.14 bits per heavy atom. The molecule has 1 saturated heterocycles. The van der Waals surface area contributed by atoms with Gasteiger partial charge in [-0.05, 0) is 39.8 Å². The van der Waals surface area contributed by atoms with E-state index in [1.807, 2.05) is 50.1 Å². The minimum absolute atomic E-state index is 0. The van der Waals surface area contributed by atoms with Crippen molar-refractivity contribution in [3.63, 3.8) is 0 Å². The third-order valence-corrected chi connectivity index (χ3v) is 3.86. The summed E-state index contributed by atoms with van der Waals surface area (Å²) >= 11 is 0. The zero-order valence-electron chi connectivity index (χ0n) is 13.7. The molecule has 22 heavy (non-hydrogen) atoms. The van der Waals surface area contributed by atoms with Crippen LogP contribution in [0.3, 0.4) is 0 Å². The number of hydrogen-bond donors (Lipinski definition) is 1. The molecule has 5 heteroatoms. The van der Waals surface area contributed by atoms with E-state index in [0.717, 1.165) is 37.2 Å². The monoisotopic (exact) mass is 326 g/mol. The van der Waals surface area contributed by atoms with E-state index in [9.17, 15) is 4.79 Å². The van der Waals surface area contributed by atoms with Crippen LogP contribution >= 0.6 is 12.4 Å². The number of nitrogens with one attached hydrogen (secondary N) is 1. The number of rotatable bonds is 5. The van der Waals surface area contributed by atoms with Crippen molar-refractivity contribution in [3.8, 4) is 5.75 Å². The maximum Gasteiger partial charge on any atom is 0.227 e. The number of ether oxygens (including phenoxy) is 1. The van der Waals surface area contributed by atoms with Crippen molar-refractivity contribution in [2.45, 2.75) is 45.3 Å². The fourth-order valence-corrected chi connectivity index (χ4v) is 2.73. The van der Waals surface area contributed by atoms with Gasteiger partial charge in [-0.3, -0.25) is 4.79 Å². The van der Waals surface area contributed by atoms with Crippen LogP contribution in [-0.2, 0) is 11.2 Å². The summed E-state index contributed by atoms with van der Waals surface area (Å²) in [4.78, 5) is 14.5. The van der Waals surface area contributed by atoms with Gasteiger partial charge in [0.15, 0.2) is 0 Å². The van der Waals surface area contributed by atoms with Gasteiger partial charge in [0.2, 0.25) is 5.91 Å². The normalized spacial score (nSPS) is 18.0. The number of nitrogens with zero attached hydrogens (tertiary/aromatic N) is 1. The fourth-order valence-electron chi connectivity index (χ4n) is 2.73. The summed E-state index contributed by atoms with van der Waals surface area (Å²) in [6.45, 7) is 5.67. The molecule has 0 radical (unpaired) electrons. The lowest BCUT2D eigenvalue weighted by atomic mass is 10.0. The Balaban J connectivity index is 0.00000242. The highest BCUT2D eigenvalue weighted by atomic mass is 35.5. The Hall–Kier alpha value is -1.26. The fraction of sp³-hybridized carbons (Fsp3) is 0.588. The second kappa shape index (κ2) is 9.01. The minimum Gasteiger partial charge on any atom is -0.491 e. The van der Waals surface area contributed by atoms with Crippen LogP contribution in [0.4, 0.5) is 0 Å². The van der Waals surface area contributed by atoms with Gasteiger partial charge in [0.05, 0.1) is 12.5 Å². The van der Waals surface area contributed by atoms with Gasteiger partial charge in [-0.15, -0.1) is 12.4 Å². The number of benzene rings is 1. The average Bonchev–Trinajstić information content (AvgIpc) is 2.48. The molecule has 1 heterocycles. The van der Waals surface area contributed by atoms with Gasteiger partial charge in [-0.1, -0.05) is 18.2 Å². The number of halogens is 1. The lowest BCUT2D eigenvalue weighted by molar-refractivity contribution is -0.131. The number of carbonyl (C=O) groups is 1. The Kier molecular flexibility index (Phi) is 7.69. The van der Waals surface area contributed by atoms with Crippen LogP contribution < -0.4 is 10.1 Å². The minimum atomic E-state index is 0. The number of amides is 1. The van der Waals surface area contributed by atoms with E-state index in [4.69, 9.17) is 4.74 Å². The maximum absolute atomic E-state index is 12.5. The van der Waals surface area contributed by atoms with E-state index in [-0.39, 0.29) is 24.4 Å². The first kappa shape index (κ1) is 18.8. The number of carbonyl (C=O) groups excluding carboxylic acids is 1. The molecule has 0 spiro atoms. The van der Waals surface area contributed by atoms with Crippen molar-refractivity contribution in [1.82, 2.24) is 10.2 Å². The zero-order valence-corrected chi connectivity index (χ0v) is 14.5. The molecule has 2 rings (SSSR count). The molecule has 124 valence electrons. The van der Waals surface area contributed by atoms with Crippen LogP contribution in [0, 0.1) is 0 Å². The zero-order chi connectivity index (χ0) is 15.2. The molecule has 1 aliphatic heterocycles. The van der Waals surface area contributed by atoms with E-state index >= 15 is 0 Å². The number of likely N-dealkylation sites (N-methyl/N-ethyl adjacent to an activating group) is 1. The highest BCUT2D eigenvalue weighted by Crippen LogP contribution is 2.21. The SMILES string of the molecule is CNC1CCCN(C(=O)Cc2ccccc2OC(C)C)C1.Cl. The van der Waals surface area contributed by atoms with Crippen LogP contribution in [0.1, 0.15) is 32.3 Å². The van der Waals surface area contributed by atoms with E-state index in [0.29, 0.717) is 12.5 Å². The van der Waals surface area contributed by atoms with Gasteiger partial charge >= 0.3 is 0 Å². The smallest absolute Gasteiger partial charge is 0.227 e. The first-order valence-corrected chi connectivity index (χ1v) is 7.79. The molecule has 1 fully saturated rings. The Labute approximate surface area is 139 Å². The predicted octanol–water partition coefficient (Wildman–Crippen LogP) is 2.65. The molecule has 1 aromatic rings. The second-order valence-corrected chi connectivity index (χ2v) is 5.92. The summed E-state index contributed by atoms with van der Waals surface area (Å²) in [5.74, 6) is 1.01. The molecule has 0 aliphatic carbocycles. The van der Waals surface area contributed by atoms with E-state index in [1.54, 1.807) is 0 Å². The van der Waals surface area contributed by atoms with Crippen LogP contribution in [0.15, 0.2) is 24.3 Å². The molecule has 1 N–H and O–H groups in total. The molecule has 0 aromatic heterocycles. The number of hydrogen-bond acceptors (Lipinski definition) is 3. The standard InChI is InChI=1S/C17H26N2O2.ClH/c1-13(2)21-16-9-5-4-7-14(16)11-17(20)19-10-6-8-15(12-19)18-3;/h4-5,7,9,13,15,18H,6,8,10-12H2,1-3H3;1H. The molecule has 1 unspecified atom stereocenters. The summed E-state index contributed by atoms with van der Waals surface area (Å²) in [6, 6.07) is 8.25. The number of para-hydroxylation sites is 1. The average molecular weight is 327 g/mol. The van der Waals surface area contributed by atoms with E-state index < -0.39 is 0 Å². The molecule has 1 amide bonds. The van der Waals surface area contributed by atoms with Gasteiger partial charge in [0, 0.05) is 24.7 Å². The third-order valence-electron chi connectivity index (χ3n) is 3.86. The molecular formula is C17H27ClN2O2. The van der Waals surface area contributed by atoms with Crippen molar-refractivity contribution in [3.05, 3.63) is 29.8 Å². The number of piperidine rings is 1. The van der Waals surface area contributed by atoms with Gasteiger partial charge in [-0.25, -0.2) is 0 Å². The highest BCUT2D eigenvalue weighted by molar-refractivity contribution is 5.85. The van der Waals surface area contributed by atoms with E-state index in [1.165, 1.54) is 0 Å². The Bertz CT molecular complexity index is 479. The summed E-state index contributed by atoms with van der Waals surface area (Å²) in [6.07, 6.45) is 2.75. The van der Waals surface area contributed by atoms with Gasteiger partial charge in [0.1, 0.15) is 5.75 Å². The first-order valence-electron chi connectivity index (χ1n) is 7.79. The van der Waals surface area contributed by atoms with Crippen LogP contribution in [0.5, 0.6) is 5.75 Å². The Morgan fingerprint density at radius 3 is 2.82 bits per heavy atom. The van der Waals surface area contributed by atoms with Gasteiger partial charge in [0.25, 0.3) is 0 Å². The topological polar surface area (TPSA) is 41.6 Å². The van der Waals surface area contributed by atoms with Crippen molar-refractivity contribution in [2.75, 3.05) is 20.1 Å². The van der Waals surface area contributed by atoms with Crippen molar-refractivity contribution >= 4 is 18.3 Å². The summed E-state index contributed by atoms with van der Waals surface area (Å²) in [7, 11) is 1.96. The predicted molar refractivity (Wildman–Crippen MR) is 91.8 cm³/mol. The quantitative estimate of drug-likeness (QED) is 0.904. The van der Waals surface area contributed by atoms with Crippen molar-refractivity contribution in [2.24, 2.45) is 0 Å². The summed E-state index contributed by atoms with van der Waals surface area (Å²) < 4.78 is 5.79. The van der Waals surface area contributed by atoms with Crippen LogP contribution in [-0.4, -0.2) is 43.1 Å².